The minimum Gasteiger partial charge on any atom is -0.331 e. The van der Waals surface area contributed by atoms with Gasteiger partial charge in [-0.05, 0) is 67.6 Å². The number of nitrogens with zero attached hydrogens (tertiary/aromatic N) is 3. The predicted molar refractivity (Wildman–Crippen MR) is 130 cm³/mol. The minimum atomic E-state index is -0.614. The Bertz CT molecular complexity index is 1460. The Labute approximate surface area is 204 Å². The van der Waals surface area contributed by atoms with E-state index in [0.29, 0.717) is 22.3 Å². The van der Waals surface area contributed by atoms with Gasteiger partial charge in [0.25, 0.3) is 5.91 Å². The first-order valence-corrected chi connectivity index (χ1v) is 12.3. The zero-order chi connectivity index (χ0) is 23.6. The zero-order valence-electron chi connectivity index (χ0n) is 18.6. The first kappa shape index (κ1) is 21.5. The summed E-state index contributed by atoms with van der Waals surface area (Å²) in [5, 5.41) is 4.55. The van der Waals surface area contributed by atoms with E-state index in [9.17, 15) is 9.18 Å². The van der Waals surface area contributed by atoms with E-state index in [1.165, 1.54) is 11.6 Å². The van der Waals surface area contributed by atoms with E-state index < -0.39 is 11.6 Å². The van der Waals surface area contributed by atoms with Gasteiger partial charge in [0.2, 0.25) is 0 Å². The molecule has 0 radical (unpaired) electrons. The first-order valence-electron chi connectivity index (χ1n) is 11.5. The van der Waals surface area contributed by atoms with Gasteiger partial charge in [0.05, 0.1) is 17.3 Å². The van der Waals surface area contributed by atoms with E-state index in [4.69, 9.17) is 0 Å². The number of pyridine rings is 1. The van der Waals surface area contributed by atoms with Crippen molar-refractivity contribution >= 4 is 27.4 Å². The molecular weight excluding hydrogens is 500 g/mol. The van der Waals surface area contributed by atoms with Crippen LogP contribution >= 0.6 is 15.9 Å². The molecule has 0 spiro atoms. The third-order valence-electron chi connectivity index (χ3n) is 7.00. The van der Waals surface area contributed by atoms with Crippen LogP contribution in [0.5, 0.6) is 0 Å². The number of hydrogen-bond donors (Lipinski definition) is 0. The van der Waals surface area contributed by atoms with E-state index in [-0.39, 0.29) is 28.9 Å². The van der Waals surface area contributed by atoms with Crippen molar-refractivity contribution in [2.75, 3.05) is 6.54 Å². The van der Waals surface area contributed by atoms with Gasteiger partial charge in [-0.2, -0.15) is 5.10 Å². The molecule has 0 N–H and O–H groups in total. The summed E-state index contributed by atoms with van der Waals surface area (Å²) in [7, 11) is 0. The van der Waals surface area contributed by atoms with Crippen molar-refractivity contribution in [3.05, 3.63) is 93.1 Å². The lowest BCUT2D eigenvalue weighted by Crippen LogP contribution is -2.39. The van der Waals surface area contributed by atoms with E-state index in [1.54, 1.807) is 33.7 Å². The summed E-state index contributed by atoms with van der Waals surface area (Å²) < 4.78 is 32.6. The van der Waals surface area contributed by atoms with Crippen LogP contribution in [-0.2, 0) is 6.42 Å². The molecule has 1 fully saturated rings. The Morgan fingerprint density at radius 3 is 2.65 bits per heavy atom. The van der Waals surface area contributed by atoms with Gasteiger partial charge in [0.15, 0.2) is 5.82 Å². The molecule has 0 saturated heterocycles. The maximum Gasteiger partial charge on any atom is 0.257 e. The fourth-order valence-electron chi connectivity index (χ4n) is 5.00. The van der Waals surface area contributed by atoms with Crippen LogP contribution < -0.4 is 0 Å². The Hall–Kier alpha value is -3.06. The average molecular weight is 522 g/mol. The number of benzene rings is 2. The summed E-state index contributed by atoms with van der Waals surface area (Å²) in [4.78, 5) is 15.4. The number of fused-ring (bicyclic) bond motifs is 2. The van der Waals surface area contributed by atoms with Gasteiger partial charge in [0, 0.05) is 28.2 Å². The molecule has 0 unspecified atom stereocenters. The molecule has 1 saturated carbocycles. The number of aromatic nitrogens is 2. The highest BCUT2D eigenvalue weighted by Gasteiger charge is 2.34. The van der Waals surface area contributed by atoms with Gasteiger partial charge in [-0.25, -0.2) is 13.3 Å². The number of hydrogen-bond acceptors (Lipinski definition) is 2. The third-order valence-corrected chi connectivity index (χ3v) is 7.49. The van der Waals surface area contributed by atoms with Crippen LogP contribution in [0, 0.1) is 11.6 Å². The van der Waals surface area contributed by atoms with Crippen molar-refractivity contribution < 1.29 is 13.6 Å². The van der Waals surface area contributed by atoms with Crippen molar-refractivity contribution in [2.24, 2.45) is 0 Å². The normalized spacial score (nSPS) is 17.8. The number of carbonyl (C=O) groups excluding carboxylic acids is 1. The van der Waals surface area contributed by atoms with E-state index in [1.807, 2.05) is 25.1 Å². The number of halogens is 3. The fourth-order valence-corrected chi connectivity index (χ4v) is 5.34. The van der Waals surface area contributed by atoms with Crippen molar-refractivity contribution in [1.29, 1.82) is 0 Å². The molecule has 3 heterocycles. The van der Waals surface area contributed by atoms with Crippen LogP contribution in [0.25, 0.3) is 16.8 Å². The van der Waals surface area contributed by atoms with Crippen LogP contribution in [0.1, 0.15) is 58.9 Å². The van der Waals surface area contributed by atoms with Gasteiger partial charge in [-0.15, -0.1) is 0 Å². The van der Waals surface area contributed by atoms with Crippen LogP contribution in [0.15, 0.2) is 59.1 Å². The van der Waals surface area contributed by atoms with Gasteiger partial charge < -0.3 is 4.90 Å². The first-order chi connectivity index (χ1) is 16.4. The zero-order valence-corrected chi connectivity index (χ0v) is 20.1. The molecule has 172 valence electrons. The van der Waals surface area contributed by atoms with Crippen LogP contribution in [-0.4, -0.2) is 27.0 Å². The Balaban J connectivity index is 1.46. The van der Waals surface area contributed by atoms with Gasteiger partial charge in [0.1, 0.15) is 11.3 Å². The van der Waals surface area contributed by atoms with Gasteiger partial charge in [-0.1, -0.05) is 40.2 Å². The molecular formula is C27H22BrF2N3O. The molecule has 7 heteroatoms. The molecule has 1 amide bonds. The molecule has 0 bridgehead atoms. The molecule has 1 aliphatic carbocycles. The lowest BCUT2D eigenvalue weighted by molar-refractivity contribution is 0.0673. The molecule has 1 aliphatic heterocycles. The minimum absolute atomic E-state index is 0.0587. The maximum absolute atomic E-state index is 15.8. The predicted octanol–water partition coefficient (Wildman–Crippen LogP) is 6.68. The second-order valence-corrected chi connectivity index (χ2v) is 10.1. The standard InChI is InChI=1S/C27H22BrF2N3O/c1-15-19-5-3-2-4-16(19)10-11-32(15)27(34)21-13-24(17-6-7-17)33-25(26(21)30)14-23(31-33)20-9-8-18(28)12-22(20)29/h2-5,8-9,12-15,17H,6-7,10-11H2,1H3/t15-/m1/s1. The Kier molecular flexibility index (Phi) is 5.06. The summed E-state index contributed by atoms with van der Waals surface area (Å²) in [6.45, 7) is 2.52. The van der Waals surface area contributed by atoms with Gasteiger partial charge in [-0.3, -0.25) is 4.79 Å². The SMILES string of the molecule is C[C@@H]1c2ccccc2CCN1C(=O)c1cc(C2CC2)n2nc(-c3ccc(Br)cc3F)cc2c1F. The molecule has 2 aromatic carbocycles. The highest BCUT2D eigenvalue weighted by atomic mass is 79.9. The second-order valence-electron chi connectivity index (χ2n) is 9.15. The lowest BCUT2D eigenvalue weighted by Gasteiger charge is -2.35. The van der Waals surface area contributed by atoms with Crippen molar-refractivity contribution in [3.63, 3.8) is 0 Å². The highest BCUT2D eigenvalue weighted by Crippen LogP contribution is 2.42. The third kappa shape index (κ3) is 3.45. The second kappa shape index (κ2) is 8.01. The summed E-state index contributed by atoms with van der Waals surface area (Å²) in [5.74, 6) is -1.15. The highest BCUT2D eigenvalue weighted by molar-refractivity contribution is 9.10. The van der Waals surface area contributed by atoms with Crippen LogP contribution in [0.3, 0.4) is 0 Å². The molecule has 6 rings (SSSR count). The molecule has 4 aromatic rings. The van der Waals surface area contributed by atoms with Crippen molar-refractivity contribution in [3.8, 4) is 11.3 Å². The number of rotatable bonds is 3. The van der Waals surface area contributed by atoms with E-state index >= 15 is 4.39 Å². The molecule has 1 atom stereocenters. The quantitative estimate of drug-likeness (QED) is 0.301. The average Bonchev–Trinajstić information content (AvgIpc) is 3.57. The lowest BCUT2D eigenvalue weighted by atomic mass is 9.93. The van der Waals surface area contributed by atoms with Crippen molar-refractivity contribution in [1.82, 2.24) is 14.5 Å². The summed E-state index contributed by atoms with van der Waals surface area (Å²) in [5.41, 5.74) is 4.03. The maximum atomic E-state index is 15.8. The largest absolute Gasteiger partial charge is 0.331 e. The fraction of sp³-hybridized carbons (Fsp3) is 0.259. The van der Waals surface area contributed by atoms with Crippen LogP contribution in [0.4, 0.5) is 8.78 Å². The topological polar surface area (TPSA) is 37.6 Å². The number of carbonyl (C=O) groups is 1. The summed E-state index contributed by atoms with van der Waals surface area (Å²) in [6, 6.07) is 15.9. The van der Waals surface area contributed by atoms with Crippen LogP contribution in [0.2, 0.25) is 0 Å². The molecule has 2 aromatic heterocycles. The van der Waals surface area contributed by atoms with Crippen molar-refractivity contribution in [2.45, 2.75) is 38.1 Å². The summed E-state index contributed by atoms with van der Waals surface area (Å²) in [6.07, 6.45) is 2.67. The molecule has 34 heavy (non-hydrogen) atoms. The molecule has 4 nitrogen and oxygen atoms in total. The van der Waals surface area contributed by atoms with E-state index in [2.05, 4.69) is 27.1 Å². The number of amides is 1. The Morgan fingerprint density at radius 2 is 1.88 bits per heavy atom. The Morgan fingerprint density at radius 1 is 1.09 bits per heavy atom. The van der Waals surface area contributed by atoms with E-state index in [0.717, 1.165) is 30.5 Å². The molecule has 2 aliphatic rings. The summed E-state index contributed by atoms with van der Waals surface area (Å²) >= 11 is 3.26. The van der Waals surface area contributed by atoms with Gasteiger partial charge >= 0.3 is 0 Å². The smallest absolute Gasteiger partial charge is 0.257 e. The monoisotopic (exact) mass is 521 g/mol.